The van der Waals surface area contributed by atoms with Gasteiger partial charge in [0, 0.05) is 22.1 Å². The number of rotatable bonds is 4. The van der Waals surface area contributed by atoms with Gasteiger partial charge in [-0.25, -0.2) is 15.8 Å². The Labute approximate surface area is 131 Å². The third-order valence-electron chi connectivity index (χ3n) is 2.83. The first-order valence-corrected chi connectivity index (χ1v) is 7.28. The van der Waals surface area contributed by atoms with Crippen LogP contribution in [0.15, 0.2) is 22.7 Å². The summed E-state index contributed by atoms with van der Waals surface area (Å²) in [7, 11) is 0. The van der Waals surface area contributed by atoms with Crippen molar-refractivity contribution in [1.29, 1.82) is 0 Å². The summed E-state index contributed by atoms with van der Waals surface area (Å²) in [4.78, 5) is 8.80. The van der Waals surface area contributed by atoms with Gasteiger partial charge in [0.1, 0.15) is 17.5 Å². The smallest absolute Gasteiger partial charge is 0.148 e. The lowest BCUT2D eigenvalue weighted by molar-refractivity contribution is 0.932. The number of halogens is 2. The van der Waals surface area contributed by atoms with Crippen LogP contribution in [0.4, 0.5) is 17.3 Å². The van der Waals surface area contributed by atoms with Gasteiger partial charge < -0.3 is 10.7 Å². The quantitative estimate of drug-likeness (QED) is 0.574. The van der Waals surface area contributed by atoms with E-state index in [1.54, 1.807) is 0 Å². The third-order valence-corrected chi connectivity index (χ3v) is 4.06. The number of aryl methyl sites for hydroxylation is 1. The van der Waals surface area contributed by atoms with Gasteiger partial charge in [-0.1, -0.05) is 18.5 Å². The fourth-order valence-corrected chi connectivity index (χ4v) is 2.12. The molecule has 0 saturated heterocycles. The highest BCUT2D eigenvalue weighted by Crippen LogP contribution is 2.28. The fourth-order valence-electron chi connectivity index (χ4n) is 1.69. The van der Waals surface area contributed by atoms with Gasteiger partial charge in [0.15, 0.2) is 0 Å². The van der Waals surface area contributed by atoms with Crippen LogP contribution < -0.4 is 16.6 Å². The minimum absolute atomic E-state index is 0.613. The van der Waals surface area contributed by atoms with Gasteiger partial charge in [-0.15, -0.1) is 0 Å². The van der Waals surface area contributed by atoms with Crippen LogP contribution >= 0.6 is 27.5 Å². The topological polar surface area (TPSA) is 75.9 Å². The number of hydrazine groups is 1. The Morgan fingerprint density at radius 1 is 1.30 bits per heavy atom. The number of nitrogens with one attached hydrogen (secondary N) is 2. The Bertz CT molecular complexity index is 632. The largest absolute Gasteiger partial charge is 0.340 e. The van der Waals surface area contributed by atoms with Gasteiger partial charge in [-0.3, -0.25) is 0 Å². The Balaban J connectivity index is 2.39. The number of hydrogen-bond donors (Lipinski definition) is 3. The molecule has 1 heterocycles. The average Bonchev–Trinajstić information content (AvgIpc) is 2.45. The van der Waals surface area contributed by atoms with Crippen LogP contribution in [0.3, 0.4) is 0 Å². The molecule has 0 aliphatic heterocycles. The van der Waals surface area contributed by atoms with E-state index in [1.165, 1.54) is 0 Å². The van der Waals surface area contributed by atoms with Gasteiger partial charge >= 0.3 is 0 Å². The van der Waals surface area contributed by atoms with Gasteiger partial charge in [-0.05, 0) is 41.1 Å². The van der Waals surface area contributed by atoms with E-state index in [-0.39, 0.29) is 0 Å². The van der Waals surface area contributed by atoms with Gasteiger partial charge in [0.25, 0.3) is 0 Å². The van der Waals surface area contributed by atoms with Crippen LogP contribution in [0.5, 0.6) is 0 Å². The summed E-state index contributed by atoms with van der Waals surface area (Å²) >= 11 is 9.45. The number of hydrogen-bond acceptors (Lipinski definition) is 5. The maximum Gasteiger partial charge on any atom is 0.148 e. The highest BCUT2D eigenvalue weighted by Gasteiger charge is 2.10. The zero-order chi connectivity index (χ0) is 14.7. The SMILES string of the molecule is CCc1nc(NN)c(C)c(Nc2ccc(Br)c(Cl)c2)n1. The molecule has 5 nitrogen and oxygen atoms in total. The first kappa shape index (κ1) is 15.0. The minimum atomic E-state index is 0.613. The lowest BCUT2D eigenvalue weighted by Gasteiger charge is -2.13. The molecule has 0 saturated carbocycles. The van der Waals surface area contributed by atoms with E-state index in [4.69, 9.17) is 17.4 Å². The first-order valence-electron chi connectivity index (χ1n) is 6.11. The van der Waals surface area contributed by atoms with Gasteiger partial charge in [0.2, 0.25) is 0 Å². The molecule has 2 aromatic rings. The van der Waals surface area contributed by atoms with Crippen molar-refractivity contribution in [1.82, 2.24) is 9.97 Å². The number of anilines is 3. The van der Waals surface area contributed by atoms with Crippen molar-refractivity contribution >= 4 is 44.9 Å². The van der Waals surface area contributed by atoms with Crippen molar-refractivity contribution in [3.05, 3.63) is 39.1 Å². The summed E-state index contributed by atoms with van der Waals surface area (Å²) < 4.78 is 0.850. The second-order valence-corrected chi connectivity index (χ2v) is 5.48. The van der Waals surface area contributed by atoms with E-state index in [0.717, 1.165) is 22.1 Å². The van der Waals surface area contributed by atoms with Crippen LogP contribution in [0, 0.1) is 6.92 Å². The Kier molecular flexibility index (Phi) is 4.80. The second-order valence-electron chi connectivity index (χ2n) is 4.21. The van der Waals surface area contributed by atoms with E-state index in [1.807, 2.05) is 32.0 Å². The van der Waals surface area contributed by atoms with E-state index in [0.29, 0.717) is 22.5 Å². The van der Waals surface area contributed by atoms with Crippen molar-refractivity contribution < 1.29 is 0 Å². The van der Waals surface area contributed by atoms with Crippen molar-refractivity contribution in [3.63, 3.8) is 0 Å². The first-order chi connectivity index (χ1) is 9.55. The zero-order valence-corrected chi connectivity index (χ0v) is 13.5. The number of benzene rings is 1. The molecule has 0 spiro atoms. The predicted molar refractivity (Wildman–Crippen MR) is 86.4 cm³/mol. The molecule has 106 valence electrons. The summed E-state index contributed by atoms with van der Waals surface area (Å²) in [5, 5.41) is 3.87. The van der Waals surface area contributed by atoms with E-state index in [9.17, 15) is 0 Å². The molecular formula is C13H15BrClN5. The molecule has 4 N–H and O–H groups in total. The molecule has 1 aromatic carbocycles. The maximum absolute atomic E-state index is 6.08. The van der Waals surface area contributed by atoms with Crippen molar-refractivity contribution in [2.24, 2.45) is 5.84 Å². The lowest BCUT2D eigenvalue weighted by atomic mass is 10.2. The molecule has 20 heavy (non-hydrogen) atoms. The number of nitrogens with zero attached hydrogens (tertiary/aromatic N) is 2. The van der Waals surface area contributed by atoms with Crippen LogP contribution in [0.25, 0.3) is 0 Å². The highest BCUT2D eigenvalue weighted by atomic mass is 79.9. The number of nitrogens with two attached hydrogens (primary N) is 1. The molecule has 0 atom stereocenters. The summed E-state index contributed by atoms with van der Waals surface area (Å²) in [5.41, 5.74) is 4.29. The molecule has 0 radical (unpaired) electrons. The third kappa shape index (κ3) is 3.20. The average molecular weight is 357 g/mol. The van der Waals surface area contributed by atoms with Crippen LogP contribution in [0.1, 0.15) is 18.3 Å². The zero-order valence-electron chi connectivity index (χ0n) is 11.2. The van der Waals surface area contributed by atoms with E-state index in [2.05, 4.69) is 36.6 Å². The van der Waals surface area contributed by atoms with Gasteiger partial charge in [-0.2, -0.15) is 0 Å². The molecule has 2 rings (SSSR count). The summed E-state index contributed by atoms with van der Waals surface area (Å²) in [6.07, 6.45) is 0.727. The molecule has 0 fully saturated rings. The number of nitrogen functional groups attached to an aromatic ring is 1. The predicted octanol–water partition coefficient (Wildman–Crippen LogP) is 3.79. The van der Waals surface area contributed by atoms with Crippen molar-refractivity contribution in [2.75, 3.05) is 10.7 Å². The lowest BCUT2D eigenvalue weighted by Crippen LogP contribution is -2.13. The number of aromatic nitrogens is 2. The molecule has 0 aliphatic rings. The molecular weight excluding hydrogens is 342 g/mol. The maximum atomic E-state index is 6.08. The van der Waals surface area contributed by atoms with Gasteiger partial charge in [0.05, 0.1) is 5.02 Å². The van der Waals surface area contributed by atoms with Crippen molar-refractivity contribution in [3.8, 4) is 0 Å². The van der Waals surface area contributed by atoms with Crippen molar-refractivity contribution in [2.45, 2.75) is 20.3 Å². The minimum Gasteiger partial charge on any atom is -0.340 e. The Hall–Kier alpha value is -1.37. The van der Waals surface area contributed by atoms with E-state index < -0.39 is 0 Å². The molecule has 7 heteroatoms. The molecule has 1 aromatic heterocycles. The molecule has 0 amide bonds. The highest BCUT2D eigenvalue weighted by molar-refractivity contribution is 9.10. The van der Waals surface area contributed by atoms with E-state index >= 15 is 0 Å². The molecule has 0 bridgehead atoms. The van der Waals surface area contributed by atoms with Crippen LogP contribution in [-0.2, 0) is 6.42 Å². The summed E-state index contributed by atoms with van der Waals surface area (Å²) in [6, 6.07) is 5.62. The standard InChI is InChI=1S/C13H15BrClN5/c1-3-11-18-12(7(2)13(19-11)20-16)17-8-4-5-9(14)10(15)6-8/h4-6H,3,16H2,1-2H3,(H2,17,18,19,20). The Morgan fingerprint density at radius 3 is 2.60 bits per heavy atom. The van der Waals surface area contributed by atoms with Crippen LogP contribution in [0.2, 0.25) is 5.02 Å². The van der Waals surface area contributed by atoms with Crippen LogP contribution in [-0.4, -0.2) is 9.97 Å². The monoisotopic (exact) mass is 355 g/mol. The summed E-state index contributed by atoms with van der Waals surface area (Å²) in [6.45, 7) is 3.89. The summed E-state index contributed by atoms with van der Waals surface area (Å²) in [5.74, 6) is 7.53. The normalized spacial score (nSPS) is 10.4. The second kappa shape index (κ2) is 6.39. The molecule has 0 unspecified atom stereocenters. The fraction of sp³-hybridized carbons (Fsp3) is 0.231. The molecule has 0 aliphatic carbocycles. The Morgan fingerprint density at radius 2 is 2.00 bits per heavy atom.